The van der Waals surface area contributed by atoms with Crippen molar-refractivity contribution in [2.45, 2.75) is 37.5 Å². The molecule has 4 atom stereocenters. The molecular weight excluding hydrogens is 349 g/mol. The quantitative estimate of drug-likeness (QED) is 0.630. The Morgan fingerprint density at radius 2 is 1.46 bits per heavy atom. The molecule has 0 radical (unpaired) electrons. The highest BCUT2D eigenvalue weighted by Gasteiger charge is 2.48. The maximum absolute atomic E-state index is 13.5. The zero-order valence-electron chi connectivity index (χ0n) is 16.1. The number of benzene rings is 3. The fourth-order valence-electron chi connectivity index (χ4n) is 4.66. The van der Waals surface area contributed by atoms with E-state index in [0.29, 0.717) is 6.42 Å². The molecule has 1 heterocycles. The van der Waals surface area contributed by atoms with Crippen LogP contribution in [0.1, 0.15) is 48.5 Å². The fraction of sp³-hybridized carbons (Fsp3) is 0.280. The Morgan fingerprint density at radius 1 is 0.893 bits per heavy atom. The molecule has 0 aliphatic carbocycles. The molecule has 2 N–H and O–H groups in total. The summed E-state index contributed by atoms with van der Waals surface area (Å²) in [7, 11) is 0. The van der Waals surface area contributed by atoms with Crippen LogP contribution in [-0.2, 0) is 5.60 Å². The van der Waals surface area contributed by atoms with Gasteiger partial charge in [0.25, 0.3) is 0 Å². The van der Waals surface area contributed by atoms with E-state index in [1.54, 1.807) is 12.1 Å². The molecular formula is C25H26FNO. The molecule has 3 aromatic carbocycles. The summed E-state index contributed by atoms with van der Waals surface area (Å²) < 4.78 is 13.5. The van der Waals surface area contributed by atoms with Crippen molar-refractivity contribution in [3.8, 4) is 0 Å². The van der Waals surface area contributed by atoms with Gasteiger partial charge in [0.1, 0.15) is 5.82 Å². The summed E-state index contributed by atoms with van der Waals surface area (Å²) in [6, 6.07) is 26.9. The SMILES string of the molecule is CC[C@H]1[C@H](c2ccccc2)N[C@H](c2ccccc2)C[C@]1(O)c1ccc(F)cc1. The Balaban J connectivity index is 1.81. The van der Waals surface area contributed by atoms with Crippen LogP contribution in [0.3, 0.4) is 0 Å². The van der Waals surface area contributed by atoms with Gasteiger partial charge in [-0.2, -0.15) is 0 Å². The van der Waals surface area contributed by atoms with E-state index in [1.807, 2.05) is 36.4 Å². The van der Waals surface area contributed by atoms with E-state index in [1.165, 1.54) is 12.1 Å². The van der Waals surface area contributed by atoms with Crippen molar-refractivity contribution in [3.63, 3.8) is 0 Å². The van der Waals surface area contributed by atoms with Crippen LogP contribution in [0.5, 0.6) is 0 Å². The second-order valence-corrected chi connectivity index (χ2v) is 7.67. The van der Waals surface area contributed by atoms with E-state index in [2.05, 4.69) is 36.5 Å². The van der Waals surface area contributed by atoms with E-state index >= 15 is 0 Å². The summed E-state index contributed by atoms with van der Waals surface area (Å²) in [4.78, 5) is 0. The van der Waals surface area contributed by atoms with Crippen molar-refractivity contribution in [2.24, 2.45) is 5.92 Å². The van der Waals surface area contributed by atoms with Gasteiger partial charge in [0.15, 0.2) is 0 Å². The minimum absolute atomic E-state index is 0.000194. The number of rotatable bonds is 4. The molecule has 4 rings (SSSR count). The summed E-state index contributed by atoms with van der Waals surface area (Å²) in [6.45, 7) is 2.11. The standard InChI is InChI=1S/C25H26FNO/c1-2-22-24(19-11-7-4-8-12-19)27-23(18-9-5-3-6-10-18)17-25(22,28)20-13-15-21(26)16-14-20/h3-16,22-24,27-28H,2,17H2,1H3/t22-,23-,24-,25-/m0/s1. The third-order valence-corrected chi connectivity index (χ3v) is 6.06. The first-order chi connectivity index (χ1) is 13.6. The lowest BCUT2D eigenvalue weighted by Gasteiger charge is -2.49. The van der Waals surface area contributed by atoms with Crippen molar-refractivity contribution < 1.29 is 9.50 Å². The van der Waals surface area contributed by atoms with Gasteiger partial charge >= 0.3 is 0 Å². The Morgan fingerprint density at radius 3 is 2.04 bits per heavy atom. The molecule has 1 saturated heterocycles. The van der Waals surface area contributed by atoms with Gasteiger partial charge in [-0.15, -0.1) is 0 Å². The van der Waals surface area contributed by atoms with Gasteiger partial charge in [0.05, 0.1) is 5.60 Å². The smallest absolute Gasteiger partial charge is 0.123 e. The van der Waals surface area contributed by atoms with E-state index in [9.17, 15) is 9.50 Å². The minimum atomic E-state index is -1.05. The second kappa shape index (κ2) is 7.86. The van der Waals surface area contributed by atoms with Gasteiger partial charge in [-0.1, -0.05) is 79.7 Å². The fourth-order valence-corrected chi connectivity index (χ4v) is 4.66. The number of hydrogen-bond acceptors (Lipinski definition) is 2. The van der Waals surface area contributed by atoms with Crippen LogP contribution in [0.4, 0.5) is 4.39 Å². The number of piperidine rings is 1. The average molecular weight is 375 g/mol. The number of nitrogens with one attached hydrogen (secondary N) is 1. The van der Waals surface area contributed by atoms with Crippen LogP contribution in [0.25, 0.3) is 0 Å². The normalized spacial score (nSPS) is 27.5. The Kier molecular flexibility index (Phi) is 5.29. The molecule has 3 heteroatoms. The van der Waals surface area contributed by atoms with Gasteiger partial charge in [-0.05, 0) is 35.2 Å². The van der Waals surface area contributed by atoms with Crippen molar-refractivity contribution in [2.75, 3.05) is 0 Å². The first kappa shape index (κ1) is 18.9. The van der Waals surface area contributed by atoms with Crippen LogP contribution < -0.4 is 5.32 Å². The Bertz CT molecular complexity index is 897. The first-order valence-electron chi connectivity index (χ1n) is 9.96. The average Bonchev–Trinajstić information content (AvgIpc) is 2.75. The third kappa shape index (κ3) is 3.48. The first-order valence-corrected chi connectivity index (χ1v) is 9.96. The topological polar surface area (TPSA) is 32.3 Å². The Hall–Kier alpha value is -2.49. The molecule has 3 aromatic rings. The molecule has 2 nitrogen and oxygen atoms in total. The molecule has 0 spiro atoms. The highest BCUT2D eigenvalue weighted by molar-refractivity contribution is 5.32. The predicted octanol–water partition coefficient (Wildman–Crippen LogP) is 5.52. The summed E-state index contributed by atoms with van der Waals surface area (Å²) in [5.74, 6) is -0.311. The zero-order chi connectivity index (χ0) is 19.6. The summed E-state index contributed by atoms with van der Waals surface area (Å²) >= 11 is 0. The molecule has 0 unspecified atom stereocenters. The third-order valence-electron chi connectivity index (χ3n) is 6.06. The van der Waals surface area contributed by atoms with Gasteiger partial charge < -0.3 is 10.4 Å². The van der Waals surface area contributed by atoms with Gasteiger partial charge in [-0.3, -0.25) is 0 Å². The zero-order valence-corrected chi connectivity index (χ0v) is 16.1. The largest absolute Gasteiger partial charge is 0.385 e. The number of halogens is 1. The van der Waals surface area contributed by atoms with Gasteiger partial charge in [0.2, 0.25) is 0 Å². The summed E-state index contributed by atoms with van der Waals surface area (Å²) in [5, 5.41) is 15.8. The van der Waals surface area contributed by atoms with E-state index in [-0.39, 0.29) is 23.8 Å². The molecule has 0 aromatic heterocycles. The molecule has 144 valence electrons. The van der Waals surface area contributed by atoms with Crippen molar-refractivity contribution in [1.29, 1.82) is 0 Å². The van der Waals surface area contributed by atoms with Crippen LogP contribution in [0.15, 0.2) is 84.9 Å². The number of aliphatic hydroxyl groups is 1. The summed E-state index contributed by atoms with van der Waals surface area (Å²) in [5.41, 5.74) is 2.05. The lowest BCUT2D eigenvalue weighted by molar-refractivity contribution is -0.0830. The molecule has 1 aliphatic rings. The molecule has 1 fully saturated rings. The molecule has 0 amide bonds. The lowest BCUT2D eigenvalue weighted by atomic mass is 9.67. The van der Waals surface area contributed by atoms with Crippen LogP contribution in [0.2, 0.25) is 0 Å². The summed E-state index contributed by atoms with van der Waals surface area (Å²) in [6.07, 6.45) is 1.35. The molecule has 0 saturated carbocycles. The van der Waals surface area contributed by atoms with Crippen molar-refractivity contribution in [1.82, 2.24) is 5.32 Å². The molecule has 28 heavy (non-hydrogen) atoms. The predicted molar refractivity (Wildman–Crippen MR) is 110 cm³/mol. The maximum Gasteiger partial charge on any atom is 0.123 e. The monoisotopic (exact) mass is 375 g/mol. The highest BCUT2D eigenvalue weighted by Crippen LogP contribution is 2.49. The highest BCUT2D eigenvalue weighted by atomic mass is 19.1. The number of hydrogen-bond donors (Lipinski definition) is 2. The van der Waals surface area contributed by atoms with E-state index in [0.717, 1.165) is 23.1 Å². The van der Waals surface area contributed by atoms with Gasteiger partial charge in [-0.25, -0.2) is 4.39 Å². The maximum atomic E-state index is 13.5. The van der Waals surface area contributed by atoms with E-state index < -0.39 is 5.60 Å². The van der Waals surface area contributed by atoms with E-state index in [4.69, 9.17) is 0 Å². The second-order valence-electron chi connectivity index (χ2n) is 7.67. The Labute approximate surface area is 166 Å². The lowest BCUT2D eigenvalue weighted by Crippen LogP contribution is -2.51. The van der Waals surface area contributed by atoms with Crippen LogP contribution >= 0.6 is 0 Å². The van der Waals surface area contributed by atoms with Crippen LogP contribution in [0, 0.1) is 11.7 Å². The minimum Gasteiger partial charge on any atom is -0.385 e. The van der Waals surface area contributed by atoms with Gasteiger partial charge in [0, 0.05) is 24.4 Å². The van der Waals surface area contributed by atoms with Crippen LogP contribution in [-0.4, -0.2) is 5.11 Å². The van der Waals surface area contributed by atoms with Crippen molar-refractivity contribution in [3.05, 3.63) is 107 Å². The molecule has 0 bridgehead atoms. The molecule has 1 aliphatic heterocycles. The van der Waals surface area contributed by atoms with Crippen molar-refractivity contribution >= 4 is 0 Å².